The highest BCUT2D eigenvalue weighted by atomic mass is 35.5. The second-order valence-electron chi connectivity index (χ2n) is 3.02. The molecule has 0 saturated heterocycles. The molecule has 0 aliphatic rings. The quantitative estimate of drug-likeness (QED) is 0.776. The largest absolute Gasteiger partial charge is 0.436 e. The van der Waals surface area contributed by atoms with Crippen LogP contribution in [0.2, 0.25) is 5.02 Å². The molecule has 0 unspecified atom stereocenters. The van der Waals surface area contributed by atoms with Crippen molar-refractivity contribution < 1.29 is 13.2 Å². The lowest BCUT2D eigenvalue weighted by Gasteiger charge is -2.00. The van der Waals surface area contributed by atoms with Gasteiger partial charge in [-0.2, -0.15) is 13.2 Å². The number of nitrogens with zero attached hydrogens (tertiary/aromatic N) is 3. The maximum Gasteiger partial charge on any atom is 0.436 e. The van der Waals surface area contributed by atoms with E-state index in [1.807, 2.05) is 0 Å². The van der Waals surface area contributed by atoms with Crippen LogP contribution in [0.1, 0.15) is 5.69 Å². The first-order valence-corrected chi connectivity index (χ1v) is 4.60. The summed E-state index contributed by atoms with van der Waals surface area (Å²) in [6.07, 6.45) is -3.66. The maximum absolute atomic E-state index is 12.2. The Balaban J connectivity index is 2.35. The second-order valence-corrected chi connectivity index (χ2v) is 3.46. The van der Waals surface area contributed by atoms with E-state index in [0.717, 1.165) is 10.9 Å². The van der Waals surface area contributed by atoms with Gasteiger partial charge in [0.2, 0.25) is 0 Å². The zero-order valence-electron chi connectivity index (χ0n) is 7.74. The third kappa shape index (κ3) is 2.16. The molecule has 0 bridgehead atoms. The summed E-state index contributed by atoms with van der Waals surface area (Å²) in [5.41, 5.74) is -0.560. The summed E-state index contributed by atoms with van der Waals surface area (Å²) in [5.74, 6) is 0. The number of hydrogen-bond acceptors (Lipinski definition) is 2. The summed E-state index contributed by atoms with van der Waals surface area (Å²) < 4.78 is 37.8. The van der Waals surface area contributed by atoms with Gasteiger partial charge in [0.25, 0.3) is 0 Å². The SMILES string of the molecule is FC(F)(F)c1cn(-c2ccc(Cl)cc2)nn1. The zero-order valence-corrected chi connectivity index (χ0v) is 8.50. The number of hydrogen-bond donors (Lipinski definition) is 0. The monoisotopic (exact) mass is 247 g/mol. The van der Waals surface area contributed by atoms with Crippen molar-refractivity contribution >= 4 is 11.6 Å². The van der Waals surface area contributed by atoms with E-state index in [-0.39, 0.29) is 0 Å². The van der Waals surface area contributed by atoms with Crippen molar-refractivity contribution in [3.05, 3.63) is 41.2 Å². The summed E-state index contributed by atoms with van der Waals surface area (Å²) in [6, 6.07) is 6.23. The molecule has 2 rings (SSSR count). The lowest BCUT2D eigenvalue weighted by molar-refractivity contribution is -0.141. The number of halogens is 4. The molecule has 0 radical (unpaired) electrons. The molecule has 3 nitrogen and oxygen atoms in total. The third-order valence-electron chi connectivity index (χ3n) is 1.87. The fourth-order valence-electron chi connectivity index (χ4n) is 1.11. The summed E-state index contributed by atoms with van der Waals surface area (Å²) >= 11 is 5.65. The van der Waals surface area contributed by atoms with Gasteiger partial charge in [-0.25, -0.2) is 4.68 Å². The van der Waals surface area contributed by atoms with Crippen LogP contribution in [-0.4, -0.2) is 15.0 Å². The van der Waals surface area contributed by atoms with Crippen LogP contribution >= 0.6 is 11.6 Å². The summed E-state index contributed by atoms with van der Waals surface area (Å²) in [7, 11) is 0. The smallest absolute Gasteiger partial charge is 0.220 e. The van der Waals surface area contributed by atoms with Crippen molar-refractivity contribution in [1.82, 2.24) is 15.0 Å². The predicted molar refractivity (Wildman–Crippen MR) is 51.4 cm³/mol. The predicted octanol–water partition coefficient (Wildman–Crippen LogP) is 2.94. The van der Waals surface area contributed by atoms with Crippen LogP contribution in [0.4, 0.5) is 13.2 Å². The molecule has 84 valence electrons. The Labute approximate surface area is 93.4 Å². The molecule has 0 aliphatic carbocycles. The van der Waals surface area contributed by atoms with Crippen LogP contribution in [0.25, 0.3) is 5.69 Å². The number of aromatic nitrogens is 3. The molecule has 0 aliphatic heterocycles. The summed E-state index contributed by atoms with van der Waals surface area (Å²) in [6.45, 7) is 0. The van der Waals surface area contributed by atoms with E-state index in [9.17, 15) is 13.2 Å². The van der Waals surface area contributed by atoms with Gasteiger partial charge in [-0.05, 0) is 24.3 Å². The molecular weight excluding hydrogens is 243 g/mol. The second kappa shape index (κ2) is 3.79. The van der Waals surface area contributed by atoms with E-state index >= 15 is 0 Å². The van der Waals surface area contributed by atoms with Crippen molar-refractivity contribution in [3.8, 4) is 5.69 Å². The summed E-state index contributed by atoms with van der Waals surface area (Å²) in [5, 5.41) is 6.93. The average molecular weight is 248 g/mol. The van der Waals surface area contributed by atoms with Crippen molar-refractivity contribution in [2.24, 2.45) is 0 Å². The normalized spacial score (nSPS) is 11.8. The van der Waals surface area contributed by atoms with Gasteiger partial charge in [-0.3, -0.25) is 0 Å². The molecule has 1 heterocycles. The number of benzene rings is 1. The molecule has 7 heteroatoms. The first kappa shape index (κ1) is 10.9. The fourth-order valence-corrected chi connectivity index (χ4v) is 1.24. The van der Waals surface area contributed by atoms with Crippen LogP contribution < -0.4 is 0 Å². The fraction of sp³-hybridized carbons (Fsp3) is 0.111. The Morgan fingerprint density at radius 1 is 1.12 bits per heavy atom. The molecule has 1 aromatic carbocycles. The van der Waals surface area contributed by atoms with Crippen molar-refractivity contribution in [2.45, 2.75) is 6.18 Å². The van der Waals surface area contributed by atoms with Gasteiger partial charge in [0.05, 0.1) is 11.9 Å². The van der Waals surface area contributed by atoms with Crippen molar-refractivity contribution in [2.75, 3.05) is 0 Å². The molecule has 0 N–H and O–H groups in total. The highest BCUT2D eigenvalue weighted by Gasteiger charge is 2.34. The first-order chi connectivity index (χ1) is 7.47. The summed E-state index contributed by atoms with van der Waals surface area (Å²) in [4.78, 5) is 0. The Morgan fingerprint density at radius 3 is 2.25 bits per heavy atom. The third-order valence-corrected chi connectivity index (χ3v) is 2.13. The number of rotatable bonds is 1. The van der Waals surface area contributed by atoms with E-state index in [0.29, 0.717) is 10.7 Å². The van der Waals surface area contributed by atoms with E-state index in [4.69, 9.17) is 11.6 Å². The van der Waals surface area contributed by atoms with Gasteiger partial charge < -0.3 is 0 Å². The Morgan fingerprint density at radius 2 is 1.75 bits per heavy atom. The topological polar surface area (TPSA) is 30.7 Å². The highest BCUT2D eigenvalue weighted by molar-refractivity contribution is 6.30. The van der Waals surface area contributed by atoms with Crippen molar-refractivity contribution in [3.63, 3.8) is 0 Å². The van der Waals surface area contributed by atoms with Crippen LogP contribution in [0.3, 0.4) is 0 Å². The molecule has 0 fully saturated rings. The van der Waals surface area contributed by atoms with Gasteiger partial charge in [-0.1, -0.05) is 16.8 Å². The van der Waals surface area contributed by atoms with Crippen molar-refractivity contribution in [1.29, 1.82) is 0 Å². The van der Waals surface area contributed by atoms with E-state index < -0.39 is 11.9 Å². The van der Waals surface area contributed by atoms with Gasteiger partial charge in [0, 0.05) is 5.02 Å². The molecule has 0 spiro atoms. The highest BCUT2D eigenvalue weighted by Crippen LogP contribution is 2.27. The Kier molecular flexibility index (Phi) is 2.59. The van der Waals surface area contributed by atoms with Crippen LogP contribution in [0.5, 0.6) is 0 Å². The Bertz CT molecular complexity index is 489. The molecule has 2 aromatic rings. The first-order valence-electron chi connectivity index (χ1n) is 4.22. The zero-order chi connectivity index (χ0) is 11.8. The molecular formula is C9H5ClF3N3. The van der Waals surface area contributed by atoms with Crippen LogP contribution in [0, 0.1) is 0 Å². The Hall–Kier alpha value is -1.56. The van der Waals surface area contributed by atoms with E-state index in [1.54, 1.807) is 24.3 Å². The van der Waals surface area contributed by atoms with Gasteiger partial charge in [-0.15, -0.1) is 5.10 Å². The molecule has 0 saturated carbocycles. The van der Waals surface area contributed by atoms with E-state index in [2.05, 4.69) is 10.3 Å². The maximum atomic E-state index is 12.2. The van der Waals surface area contributed by atoms with Crippen LogP contribution in [-0.2, 0) is 6.18 Å². The minimum atomic E-state index is -4.48. The minimum Gasteiger partial charge on any atom is -0.220 e. The average Bonchev–Trinajstić information content (AvgIpc) is 2.67. The minimum absolute atomic E-state index is 0.465. The van der Waals surface area contributed by atoms with Gasteiger partial charge in [0.1, 0.15) is 0 Å². The van der Waals surface area contributed by atoms with E-state index in [1.165, 1.54) is 0 Å². The lowest BCUT2D eigenvalue weighted by atomic mass is 10.3. The van der Waals surface area contributed by atoms with Gasteiger partial charge >= 0.3 is 6.18 Å². The van der Waals surface area contributed by atoms with Crippen LogP contribution in [0.15, 0.2) is 30.5 Å². The molecule has 1 aromatic heterocycles. The van der Waals surface area contributed by atoms with Gasteiger partial charge in [0.15, 0.2) is 5.69 Å². The standard InChI is InChI=1S/C9H5ClF3N3/c10-6-1-3-7(4-2-6)16-5-8(14-15-16)9(11,12)13/h1-5H. The lowest BCUT2D eigenvalue weighted by Crippen LogP contribution is -2.04. The molecule has 16 heavy (non-hydrogen) atoms. The molecule has 0 amide bonds. The number of alkyl halides is 3. The molecule has 0 atom stereocenters.